The van der Waals surface area contributed by atoms with Crippen molar-refractivity contribution in [3.05, 3.63) is 34.6 Å². The highest BCUT2D eigenvalue weighted by Crippen LogP contribution is 2.16. The average molecular weight is 299 g/mol. The molecule has 1 aliphatic rings. The third-order valence-electron chi connectivity index (χ3n) is 3.64. The normalized spacial score (nSPS) is 17.1. The molecule has 0 bridgehead atoms. The first-order valence-corrected chi connectivity index (χ1v) is 7.46. The van der Waals surface area contributed by atoms with Crippen molar-refractivity contribution in [1.29, 1.82) is 0 Å². The van der Waals surface area contributed by atoms with Gasteiger partial charge in [-0.25, -0.2) is 4.39 Å². The molecule has 1 fully saturated rings. The quantitative estimate of drug-likeness (QED) is 0.926. The highest BCUT2D eigenvalue weighted by atomic mass is 35.5. The van der Waals surface area contributed by atoms with Gasteiger partial charge in [0.05, 0.1) is 5.56 Å². The number of hydrogen-bond donors (Lipinski definition) is 1. The molecule has 20 heavy (non-hydrogen) atoms. The van der Waals surface area contributed by atoms with Crippen LogP contribution >= 0.6 is 11.6 Å². The van der Waals surface area contributed by atoms with Gasteiger partial charge in [-0.05, 0) is 44.0 Å². The fourth-order valence-electron chi connectivity index (χ4n) is 2.55. The zero-order chi connectivity index (χ0) is 14.5. The molecule has 1 saturated heterocycles. The Morgan fingerprint density at radius 2 is 2.15 bits per heavy atom. The molecule has 0 atom stereocenters. The molecule has 0 aliphatic carbocycles. The van der Waals surface area contributed by atoms with E-state index in [-0.39, 0.29) is 17.5 Å². The minimum Gasteiger partial charge on any atom is -0.349 e. The molecule has 1 heterocycles. The van der Waals surface area contributed by atoms with Crippen LogP contribution in [0.4, 0.5) is 4.39 Å². The van der Waals surface area contributed by atoms with Crippen LogP contribution in [0, 0.1) is 5.82 Å². The van der Waals surface area contributed by atoms with Crippen LogP contribution in [0.5, 0.6) is 0 Å². The lowest BCUT2D eigenvalue weighted by Crippen LogP contribution is -2.44. The second-order valence-electron chi connectivity index (χ2n) is 5.21. The van der Waals surface area contributed by atoms with E-state index in [0.29, 0.717) is 5.02 Å². The number of carbonyl (C=O) groups is 1. The van der Waals surface area contributed by atoms with Gasteiger partial charge in [-0.3, -0.25) is 4.79 Å². The van der Waals surface area contributed by atoms with Crippen molar-refractivity contribution in [3.63, 3.8) is 0 Å². The monoisotopic (exact) mass is 298 g/mol. The van der Waals surface area contributed by atoms with Crippen LogP contribution in [0.15, 0.2) is 18.2 Å². The summed E-state index contributed by atoms with van der Waals surface area (Å²) in [5.74, 6) is -0.908. The standard InChI is InChI=1S/C15H20ClFN2O/c1-2-7-19-8-5-12(6-9-19)18-15(20)13-10-11(16)3-4-14(13)17/h3-4,10,12H,2,5-9H2,1H3,(H,18,20). The second kappa shape index (κ2) is 7.04. The molecule has 2 rings (SSSR count). The fourth-order valence-corrected chi connectivity index (χ4v) is 2.72. The molecule has 1 aliphatic heterocycles. The maximum Gasteiger partial charge on any atom is 0.254 e. The van der Waals surface area contributed by atoms with Crippen molar-refractivity contribution in [2.75, 3.05) is 19.6 Å². The van der Waals surface area contributed by atoms with Crippen molar-refractivity contribution in [1.82, 2.24) is 10.2 Å². The Hall–Kier alpha value is -1.13. The zero-order valence-electron chi connectivity index (χ0n) is 11.7. The minimum absolute atomic E-state index is 0.0217. The Morgan fingerprint density at radius 3 is 2.80 bits per heavy atom. The van der Waals surface area contributed by atoms with Crippen LogP contribution in [0.2, 0.25) is 5.02 Å². The van der Waals surface area contributed by atoms with Crippen LogP contribution in [0.1, 0.15) is 36.5 Å². The van der Waals surface area contributed by atoms with E-state index in [4.69, 9.17) is 11.6 Å². The molecule has 0 radical (unpaired) electrons. The van der Waals surface area contributed by atoms with E-state index in [1.54, 1.807) is 0 Å². The number of rotatable bonds is 4. The summed E-state index contributed by atoms with van der Waals surface area (Å²) in [6, 6.07) is 4.16. The molecular formula is C15H20ClFN2O. The number of benzene rings is 1. The number of likely N-dealkylation sites (tertiary alicyclic amines) is 1. The minimum atomic E-state index is -0.532. The molecular weight excluding hydrogens is 279 g/mol. The van der Waals surface area contributed by atoms with Gasteiger partial charge in [0.15, 0.2) is 0 Å². The number of piperidine rings is 1. The summed E-state index contributed by atoms with van der Waals surface area (Å²) in [6.07, 6.45) is 2.96. The molecule has 3 nitrogen and oxygen atoms in total. The topological polar surface area (TPSA) is 32.3 Å². The predicted octanol–water partition coefficient (Wildman–Crippen LogP) is 3.08. The van der Waals surface area contributed by atoms with Crippen LogP contribution in [0.3, 0.4) is 0 Å². The number of nitrogens with zero attached hydrogens (tertiary/aromatic N) is 1. The summed E-state index contributed by atoms with van der Waals surface area (Å²) in [7, 11) is 0. The zero-order valence-corrected chi connectivity index (χ0v) is 12.4. The Labute approximate surface area is 124 Å². The molecule has 1 aromatic rings. The highest BCUT2D eigenvalue weighted by molar-refractivity contribution is 6.31. The van der Waals surface area contributed by atoms with Crippen molar-refractivity contribution < 1.29 is 9.18 Å². The Kier molecular flexibility index (Phi) is 5.38. The van der Waals surface area contributed by atoms with Gasteiger partial charge in [-0.15, -0.1) is 0 Å². The number of carbonyl (C=O) groups excluding carboxylic acids is 1. The largest absolute Gasteiger partial charge is 0.349 e. The lowest BCUT2D eigenvalue weighted by molar-refractivity contribution is 0.0907. The summed E-state index contributed by atoms with van der Waals surface area (Å²) in [4.78, 5) is 14.5. The molecule has 1 N–H and O–H groups in total. The molecule has 0 spiro atoms. The smallest absolute Gasteiger partial charge is 0.254 e. The molecule has 1 aromatic carbocycles. The molecule has 110 valence electrons. The van der Waals surface area contributed by atoms with E-state index in [1.165, 1.54) is 18.2 Å². The Morgan fingerprint density at radius 1 is 1.45 bits per heavy atom. The van der Waals surface area contributed by atoms with Crippen molar-refractivity contribution in [2.24, 2.45) is 0 Å². The fraction of sp³-hybridized carbons (Fsp3) is 0.533. The maximum absolute atomic E-state index is 13.6. The van der Waals surface area contributed by atoms with E-state index in [0.717, 1.165) is 38.9 Å². The Bertz CT molecular complexity index is 473. The molecule has 0 saturated carbocycles. The number of nitrogens with one attached hydrogen (secondary N) is 1. The summed E-state index contributed by atoms with van der Waals surface area (Å²) in [5.41, 5.74) is 0.0217. The van der Waals surface area contributed by atoms with Crippen molar-refractivity contribution >= 4 is 17.5 Å². The van der Waals surface area contributed by atoms with E-state index in [1.807, 2.05) is 0 Å². The lowest BCUT2D eigenvalue weighted by atomic mass is 10.0. The lowest BCUT2D eigenvalue weighted by Gasteiger charge is -2.32. The third-order valence-corrected chi connectivity index (χ3v) is 3.87. The maximum atomic E-state index is 13.6. The van der Waals surface area contributed by atoms with E-state index in [2.05, 4.69) is 17.1 Å². The number of hydrogen-bond acceptors (Lipinski definition) is 2. The van der Waals surface area contributed by atoms with Gasteiger partial charge >= 0.3 is 0 Å². The average Bonchev–Trinajstić information content (AvgIpc) is 2.44. The van der Waals surface area contributed by atoms with Gasteiger partial charge in [0.2, 0.25) is 0 Å². The van der Waals surface area contributed by atoms with E-state index in [9.17, 15) is 9.18 Å². The van der Waals surface area contributed by atoms with E-state index < -0.39 is 5.82 Å². The summed E-state index contributed by atoms with van der Waals surface area (Å²) < 4.78 is 13.6. The van der Waals surface area contributed by atoms with E-state index >= 15 is 0 Å². The van der Waals surface area contributed by atoms with Gasteiger partial charge in [-0.1, -0.05) is 18.5 Å². The predicted molar refractivity (Wildman–Crippen MR) is 78.6 cm³/mol. The van der Waals surface area contributed by atoms with Gasteiger partial charge in [0.1, 0.15) is 5.82 Å². The first kappa shape index (κ1) is 15.3. The van der Waals surface area contributed by atoms with Gasteiger partial charge in [-0.2, -0.15) is 0 Å². The second-order valence-corrected chi connectivity index (χ2v) is 5.65. The molecule has 5 heteroatoms. The van der Waals surface area contributed by atoms with Crippen LogP contribution in [-0.4, -0.2) is 36.5 Å². The Balaban J connectivity index is 1.91. The van der Waals surface area contributed by atoms with Crippen molar-refractivity contribution in [3.8, 4) is 0 Å². The summed E-state index contributed by atoms with van der Waals surface area (Å²) in [6.45, 7) is 5.23. The van der Waals surface area contributed by atoms with Gasteiger partial charge in [0.25, 0.3) is 5.91 Å². The first-order chi connectivity index (χ1) is 9.60. The number of halogens is 2. The third kappa shape index (κ3) is 3.93. The van der Waals surface area contributed by atoms with Crippen LogP contribution < -0.4 is 5.32 Å². The SMILES string of the molecule is CCCN1CCC(NC(=O)c2cc(Cl)ccc2F)CC1. The number of amides is 1. The highest BCUT2D eigenvalue weighted by Gasteiger charge is 2.21. The van der Waals surface area contributed by atoms with Crippen molar-refractivity contribution in [2.45, 2.75) is 32.2 Å². The van der Waals surface area contributed by atoms with Crippen LogP contribution in [0.25, 0.3) is 0 Å². The summed E-state index contributed by atoms with van der Waals surface area (Å²) >= 11 is 5.80. The molecule has 1 amide bonds. The molecule has 0 unspecified atom stereocenters. The molecule has 0 aromatic heterocycles. The van der Waals surface area contributed by atoms with Gasteiger partial charge in [0, 0.05) is 24.2 Å². The summed E-state index contributed by atoms with van der Waals surface area (Å²) in [5, 5.41) is 3.27. The van der Waals surface area contributed by atoms with Crippen LogP contribution in [-0.2, 0) is 0 Å². The first-order valence-electron chi connectivity index (χ1n) is 7.08. The van der Waals surface area contributed by atoms with Gasteiger partial charge < -0.3 is 10.2 Å².